The van der Waals surface area contributed by atoms with E-state index in [2.05, 4.69) is 31.2 Å². The molecule has 0 unspecified atom stereocenters. The molecule has 19 heavy (non-hydrogen) atoms. The molecule has 0 saturated heterocycles. The molecule has 1 aromatic heterocycles. The predicted molar refractivity (Wildman–Crippen MR) is 84.1 cm³/mol. The highest BCUT2D eigenvalue weighted by Gasteiger charge is 2.12. The highest BCUT2D eigenvalue weighted by atomic mass is 79.9. The first kappa shape index (κ1) is 14.6. The zero-order valence-electron chi connectivity index (χ0n) is 10.5. The molecular weight excluding hydrogens is 349 g/mol. The summed E-state index contributed by atoms with van der Waals surface area (Å²) in [6.45, 7) is 4.71. The fraction of sp³-hybridized carbons (Fsp3) is 0.231. The molecule has 0 bridgehead atoms. The highest BCUT2D eigenvalue weighted by molar-refractivity contribution is 9.10. The molecule has 0 aliphatic heterocycles. The normalized spacial score (nSPS) is 10.6. The summed E-state index contributed by atoms with van der Waals surface area (Å²) in [5, 5.41) is 4.32. The van der Waals surface area contributed by atoms with Crippen LogP contribution in [0.4, 0.5) is 5.82 Å². The Morgan fingerprint density at radius 2 is 2.00 bits per heavy atom. The summed E-state index contributed by atoms with van der Waals surface area (Å²) in [5.74, 6) is 1.34. The molecule has 0 fully saturated rings. The maximum Gasteiger partial charge on any atom is 0.163 e. The van der Waals surface area contributed by atoms with Crippen molar-refractivity contribution in [1.29, 1.82) is 0 Å². The minimum Gasteiger partial charge on any atom is -0.369 e. The molecule has 1 N–H and O–H groups in total. The molecule has 6 heteroatoms. The van der Waals surface area contributed by atoms with Gasteiger partial charge in [-0.05, 0) is 48.0 Å². The molecule has 0 spiro atoms. The lowest BCUT2D eigenvalue weighted by Gasteiger charge is -2.11. The molecule has 0 aliphatic rings. The van der Waals surface area contributed by atoms with Gasteiger partial charge in [0.25, 0.3) is 0 Å². The van der Waals surface area contributed by atoms with E-state index in [9.17, 15) is 0 Å². The van der Waals surface area contributed by atoms with Gasteiger partial charge in [0, 0.05) is 17.1 Å². The molecule has 0 radical (unpaired) electrons. The summed E-state index contributed by atoms with van der Waals surface area (Å²) in [4.78, 5) is 8.94. The van der Waals surface area contributed by atoms with Gasteiger partial charge in [-0.25, -0.2) is 9.97 Å². The average Bonchev–Trinajstić information content (AvgIpc) is 2.35. The van der Waals surface area contributed by atoms with Crippen LogP contribution in [0.5, 0.6) is 0 Å². The largest absolute Gasteiger partial charge is 0.369 e. The summed E-state index contributed by atoms with van der Waals surface area (Å²) in [6.07, 6.45) is 0. The van der Waals surface area contributed by atoms with Gasteiger partial charge in [-0.1, -0.05) is 23.2 Å². The van der Waals surface area contributed by atoms with Crippen LogP contribution >= 0.6 is 39.1 Å². The second kappa shape index (κ2) is 6.07. The van der Waals surface area contributed by atoms with Gasteiger partial charge < -0.3 is 5.32 Å². The van der Waals surface area contributed by atoms with Crippen LogP contribution in [0.25, 0.3) is 11.4 Å². The third-order valence-electron chi connectivity index (χ3n) is 2.53. The average molecular weight is 361 g/mol. The summed E-state index contributed by atoms with van der Waals surface area (Å²) < 4.78 is 0.864. The Hall–Kier alpha value is -0.840. The monoisotopic (exact) mass is 359 g/mol. The Kier molecular flexibility index (Phi) is 4.66. The van der Waals surface area contributed by atoms with Crippen molar-refractivity contribution in [3.8, 4) is 11.4 Å². The molecule has 1 heterocycles. The number of anilines is 1. The van der Waals surface area contributed by atoms with E-state index >= 15 is 0 Å². The first-order valence-corrected chi connectivity index (χ1v) is 7.31. The van der Waals surface area contributed by atoms with Crippen molar-refractivity contribution in [2.45, 2.75) is 13.8 Å². The third kappa shape index (κ3) is 3.19. The van der Waals surface area contributed by atoms with Crippen molar-refractivity contribution in [3.63, 3.8) is 0 Å². The van der Waals surface area contributed by atoms with E-state index in [1.54, 1.807) is 12.1 Å². The minimum atomic E-state index is 0.539. The minimum absolute atomic E-state index is 0.539. The first-order valence-electron chi connectivity index (χ1n) is 5.76. The van der Waals surface area contributed by atoms with Crippen LogP contribution in [0.3, 0.4) is 0 Å². The molecule has 100 valence electrons. The zero-order valence-corrected chi connectivity index (χ0v) is 13.6. The van der Waals surface area contributed by atoms with Crippen LogP contribution in [0.15, 0.2) is 22.7 Å². The molecule has 0 amide bonds. The Morgan fingerprint density at radius 3 is 2.63 bits per heavy atom. The fourth-order valence-electron chi connectivity index (χ4n) is 1.64. The van der Waals surface area contributed by atoms with Crippen molar-refractivity contribution < 1.29 is 0 Å². The van der Waals surface area contributed by atoms with Crippen molar-refractivity contribution in [1.82, 2.24) is 9.97 Å². The van der Waals surface area contributed by atoms with Gasteiger partial charge in [-0.15, -0.1) is 0 Å². The Morgan fingerprint density at radius 1 is 1.26 bits per heavy atom. The van der Waals surface area contributed by atoms with E-state index in [4.69, 9.17) is 23.2 Å². The quantitative estimate of drug-likeness (QED) is 0.841. The van der Waals surface area contributed by atoms with Gasteiger partial charge in [-0.3, -0.25) is 0 Å². The van der Waals surface area contributed by atoms with E-state index in [0.717, 1.165) is 28.1 Å². The Labute approximate surface area is 130 Å². The standard InChI is InChI=1S/C13H12BrCl2N3/c1-3-17-13-11(14)7(2)18-12(19-13)9-5-4-8(15)6-10(9)16/h4-6H,3H2,1-2H3,(H,17,18,19). The van der Waals surface area contributed by atoms with Crippen molar-refractivity contribution in [2.75, 3.05) is 11.9 Å². The molecule has 2 rings (SSSR count). The van der Waals surface area contributed by atoms with Crippen LogP contribution in [-0.2, 0) is 0 Å². The second-order valence-corrected chi connectivity index (χ2v) is 5.59. The first-order chi connectivity index (χ1) is 9.02. The van der Waals surface area contributed by atoms with Gasteiger partial charge in [0.2, 0.25) is 0 Å². The fourth-order valence-corrected chi connectivity index (χ4v) is 2.45. The number of rotatable bonds is 3. The van der Waals surface area contributed by atoms with Gasteiger partial charge in [0.1, 0.15) is 5.82 Å². The number of hydrogen-bond acceptors (Lipinski definition) is 3. The summed E-state index contributed by atoms with van der Waals surface area (Å²) in [7, 11) is 0. The van der Waals surface area contributed by atoms with Gasteiger partial charge in [0.05, 0.1) is 15.2 Å². The van der Waals surface area contributed by atoms with Crippen molar-refractivity contribution >= 4 is 44.9 Å². The van der Waals surface area contributed by atoms with E-state index in [1.165, 1.54) is 0 Å². The lowest BCUT2D eigenvalue weighted by molar-refractivity contribution is 1.06. The number of aromatic nitrogens is 2. The molecule has 3 nitrogen and oxygen atoms in total. The van der Waals surface area contributed by atoms with Crippen LogP contribution < -0.4 is 5.32 Å². The molecular formula is C13H12BrCl2N3. The SMILES string of the molecule is CCNc1nc(-c2ccc(Cl)cc2Cl)nc(C)c1Br. The smallest absolute Gasteiger partial charge is 0.163 e. The predicted octanol–water partition coefficient (Wildman–Crippen LogP) is 4.95. The third-order valence-corrected chi connectivity index (χ3v) is 4.03. The van der Waals surface area contributed by atoms with E-state index in [1.807, 2.05) is 19.9 Å². The van der Waals surface area contributed by atoms with E-state index in [0.29, 0.717) is 15.9 Å². The van der Waals surface area contributed by atoms with Crippen LogP contribution in [0.1, 0.15) is 12.6 Å². The number of aryl methyl sites for hydroxylation is 1. The highest BCUT2D eigenvalue weighted by Crippen LogP contribution is 2.31. The maximum atomic E-state index is 6.19. The summed E-state index contributed by atoms with van der Waals surface area (Å²) in [6, 6.07) is 5.28. The topological polar surface area (TPSA) is 37.8 Å². The van der Waals surface area contributed by atoms with Gasteiger partial charge in [-0.2, -0.15) is 0 Å². The maximum absolute atomic E-state index is 6.19. The van der Waals surface area contributed by atoms with Crippen molar-refractivity contribution in [3.05, 3.63) is 38.4 Å². The summed E-state index contributed by atoms with van der Waals surface area (Å²) in [5.41, 5.74) is 1.62. The second-order valence-electron chi connectivity index (χ2n) is 3.95. The number of halogens is 3. The number of benzene rings is 1. The lowest BCUT2D eigenvalue weighted by Crippen LogP contribution is -2.04. The molecule has 0 saturated carbocycles. The summed E-state index contributed by atoms with van der Waals surface area (Å²) >= 11 is 15.6. The van der Waals surface area contributed by atoms with Crippen LogP contribution in [0.2, 0.25) is 10.0 Å². The number of nitrogens with one attached hydrogen (secondary N) is 1. The molecule has 0 atom stereocenters. The number of nitrogens with zero attached hydrogens (tertiary/aromatic N) is 2. The van der Waals surface area contributed by atoms with Gasteiger partial charge in [0.15, 0.2) is 5.82 Å². The van der Waals surface area contributed by atoms with Crippen LogP contribution in [-0.4, -0.2) is 16.5 Å². The molecule has 0 aliphatic carbocycles. The van der Waals surface area contributed by atoms with E-state index in [-0.39, 0.29) is 0 Å². The van der Waals surface area contributed by atoms with E-state index < -0.39 is 0 Å². The van der Waals surface area contributed by atoms with Crippen molar-refractivity contribution in [2.24, 2.45) is 0 Å². The van der Waals surface area contributed by atoms with Crippen LogP contribution in [0, 0.1) is 6.92 Å². The Bertz CT molecular complexity index is 617. The Balaban J connectivity index is 2.56. The van der Waals surface area contributed by atoms with Gasteiger partial charge >= 0.3 is 0 Å². The lowest BCUT2D eigenvalue weighted by atomic mass is 10.2. The molecule has 1 aromatic carbocycles. The zero-order chi connectivity index (χ0) is 14.0. The number of hydrogen-bond donors (Lipinski definition) is 1. The molecule has 2 aromatic rings.